The van der Waals surface area contributed by atoms with E-state index in [0.29, 0.717) is 5.88 Å². The third-order valence-electron chi connectivity index (χ3n) is 7.26. The minimum atomic E-state index is -4.60. The summed E-state index contributed by atoms with van der Waals surface area (Å²) in [6.45, 7) is 1.53. The third kappa shape index (κ3) is 5.36. The molecule has 0 saturated heterocycles. The van der Waals surface area contributed by atoms with Gasteiger partial charge in [0.2, 0.25) is 5.88 Å². The number of aromatic nitrogens is 1. The molecule has 1 aromatic heterocycles. The molecule has 0 N–H and O–H groups in total. The van der Waals surface area contributed by atoms with E-state index in [1.165, 1.54) is 16.7 Å². The van der Waals surface area contributed by atoms with E-state index in [4.69, 9.17) is 4.74 Å². The molecular weight excluding hydrogens is 453 g/mol. The van der Waals surface area contributed by atoms with Crippen LogP contribution >= 0.6 is 0 Å². The molecule has 35 heavy (non-hydrogen) atoms. The molecular formula is C28H29F3N2O2. The van der Waals surface area contributed by atoms with Gasteiger partial charge in [-0.3, -0.25) is 9.64 Å². The summed E-state index contributed by atoms with van der Waals surface area (Å²) in [6.07, 6.45) is 0.532. The predicted octanol–water partition coefficient (Wildman–Crippen LogP) is 6.26. The van der Waals surface area contributed by atoms with Crippen molar-refractivity contribution in [2.24, 2.45) is 0 Å². The Morgan fingerprint density at radius 1 is 0.829 bits per heavy atom. The highest BCUT2D eigenvalue weighted by Crippen LogP contribution is 2.70. The molecule has 1 heterocycles. The van der Waals surface area contributed by atoms with Crippen LogP contribution in [0.2, 0.25) is 0 Å². The number of rotatable bonds is 11. The van der Waals surface area contributed by atoms with E-state index in [1.807, 2.05) is 24.3 Å². The Hall–Kier alpha value is -2.90. The van der Waals surface area contributed by atoms with Crippen molar-refractivity contribution < 1.29 is 22.6 Å². The summed E-state index contributed by atoms with van der Waals surface area (Å²) in [5.74, 6) is 0.457. The van der Waals surface area contributed by atoms with Gasteiger partial charge in [0.15, 0.2) is 0 Å². The van der Waals surface area contributed by atoms with Crippen LogP contribution < -0.4 is 4.74 Å². The molecule has 0 unspecified atom stereocenters. The highest BCUT2D eigenvalue weighted by molar-refractivity contribution is 5.43. The van der Waals surface area contributed by atoms with Crippen LogP contribution in [0.5, 0.6) is 5.88 Å². The topological polar surface area (TPSA) is 34.6 Å². The molecule has 184 valence electrons. The molecule has 2 aromatic carbocycles. The summed E-state index contributed by atoms with van der Waals surface area (Å²) in [6, 6.07) is 25.2. The van der Waals surface area contributed by atoms with Crippen LogP contribution in [0.15, 0.2) is 79.0 Å². The van der Waals surface area contributed by atoms with Crippen LogP contribution in [0.4, 0.5) is 13.2 Å². The molecule has 6 rings (SSSR count). The van der Waals surface area contributed by atoms with Gasteiger partial charge in [-0.05, 0) is 42.0 Å². The number of hydrogen-bond acceptors (Lipinski definition) is 4. The molecule has 2 bridgehead atoms. The standard InChI is InChI=1S/C28H29F3N2O2/c29-28(30,31)35-15-7-14-34-25-16-24(12-13-32-25)26-19-27(20-26,21-26)33(17-22-8-3-1-4-9-22)18-23-10-5-2-6-11-23/h1-6,8-13,16H,7,14-15,17-21H2. The highest BCUT2D eigenvalue weighted by Gasteiger charge is 2.70. The third-order valence-corrected chi connectivity index (χ3v) is 7.26. The molecule has 0 atom stereocenters. The van der Waals surface area contributed by atoms with Gasteiger partial charge in [0.05, 0.1) is 13.2 Å². The van der Waals surface area contributed by atoms with Gasteiger partial charge in [-0.1, -0.05) is 60.7 Å². The minimum absolute atomic E-state index is 0.130. The second-order valence-corrected chi connectivity index (χ2v) is 9.74. The minimum Gasteiger partial charge on any atom is -0.478 e. The summed E-state index contributed by atoms with van der Waals surface area (Å²) in [5, 5.41) is 0. The summed E-state index contributed by atoms with van der Waals surface area (Å²) in [7, 11) is 0. The first-order valence-electron chi connectivity index (χ1n) is 12.0. The van der Waals surface area contributed by atoms with Crippen molar-refractivity contribution in [2.75, 3.05) is 13.2 Å². The Morgan fingerprint density at radius 3 is 2.00 bits per heavy atom. The Balaban J connectivity index is 1.22. The van der Waals surface area contributed by atoms with E-state index in [2.05, 4.69) is 63.2 Å². The average molecular weight is 483 g/mol. The van der Waals surface area contributed by atoms with E-state index in [1.54, 1.807) is 6.20 Å². The van der Waals surface area contributed by atoms with Gasteiger partial charge in [-0.15, -0.1) is 13.2 Å². The quantitative estimate of drug-likeness (QED) is 0.302. The van der Waals surface area contributed by atoms with E-state index in [0.717, 1.165) is 32.4 Å². The lowest BCUT2D eigenvalue weighted by Crippen LogP contribution is -2.76. The van der Waals surface area contributed by atoms with Crippen molar-refractivity contribution in [2.45, 2.75) is 56.1 Å². The Kier molecular flexibility index (Phi) is 6.55. The zero-order chi connectivity index (χ0) is 24.4. The lowest BCUT2D eigenvalue weighted by atomic mass is 9.37. The number of nitrogens with zero attached hydrogens (tertiary/aromatic N) is 2. The summed E-state index contributed by atoms with van der Waals surface area (Å²) in [4.78, 5) is 6.87. The summed E-state index contributed by atoms with van der Waals surface area (Å²) in [5.41, 5.74) is 4.15. The Morgan fingerprint density at radius 2 is 1.43 bits per heavy atom. The van der Waals surface area contributed by atoms with E-state index in [9.17, 15) is 13.2 Å². The fourth-order valence-electron chi connectivity index (χ4n) is 5.62. The smallest absolute Gasteiger partial charge is 0.478 e. The first-order valence-corrected chi connectivity index (χ1v) is 12.0. The maximum Gasteiger partial charge on any atom is 0.522 e. The summed E-state index contributed by atoms with van der Waals surface area (Å²) < 4.78 is 45.7. The van der Waals surface area contributed by atoms with Crippen molar-refractivity contribution in [3.63, 3.8) is 0 Å². The number of halogens is 3. The van der Waals surface area contributed by atoms with Crippen LogP contribution in [-0.2, 0) is 23.2 Å². The maximum absolute atomic E-state index is 12.1. The van der Waals surface area contributed by atoms with Gasteiger partial charge in [-0.2, -0.15) is 0 Å². The Bertz CT molecular complexity index is 1060. The predicted molar refractivity (Wildman–Crippen MR) is 127 cm³/mol. The fraction of sp³-hybridized carbons (Fsp3) is 0.393. The largest absolute Gasteiger partial charge is 0.522 e. The molecule has 4 nitrogen and oxygen atoms in total. The molecule has 0 spiro atoms. The van der Waals surface area contributed by atoms with Crippen molar-refractivity contribution >= 4 is 0 Å². The average Bonchev–Trinajstić information content (AvgIpc) is 2.78. The SMILES string of the molecule is FC(F)(F)OCCCOc1cc(C23CC(N(Cc4ccccc4)Cc4ccccc4)(C2)C3)ccn1. The van der Waals surface area contributed by atoms with Gasteiger partial charge >= 0.3 is 6.36 Å². The molecule has 3 saturated carbocycles. The molecule has 0 radical (unpaired) electrons. The van der Waals surface area contributed by atoms with Gasteiger partial charge in [-0.25, -0.2) is 4.98 Å². The Labute approximate surface area is 203 Å². The fourth-order valence-corrected chi connectivity index (χ4v) is 5.62. The summed E-state index contributed by atoms with van der Waals surface area (Å²) >= 11 is 0. The van der Waals surface area contributed by atoms with Crippen LogP contribution in [0.25, 0.3) is 0 Å². The van der Waals surface area contributed by atoms with Crippen molar-refractivity contribution in [3.8, 4) is 5.88 Å². The van der Waals surface area contributed by atoms with Gasteiger partial charge < -0.3 is 4.74 Å². The van der Waals surface area contributed by atoms with E-state index >= 15 is 0 Å². The van der Waals surface area contributed by atoms with Gasteiger partial charge in [0.1, 0.15) is 0 Å². The number of benzene rings is 2. The van der Waals surface area contributed by atoms with Crippen LogP contribution in [0.1, 0.15) is 42.4 Å². The number of alkyl halides is 3. The molecule has 3 aliphatic carbocycles. The lowest BCUT2D eigenvalue weighted by molar-refractivity contribution is -0.324. The first kappa shape index (κ1) is 23.8. The van der Waals surface area contributed by atoms with Crippen LogP contribution in [-0.4, -0.2) is 35.0 Å². The molecule has 3 fully saturated rings. The number of ether oxygens (including phenoxy) is 2. The molecule has 0 aliphatic heterocycles. The molecule has 3 aromatic rings. The van der Waals surface area contributed by atoms with Gasteiger partial charge in [0, 0.05) is 42.7 Å². The van der Waals surface area contributed by atoms with Crippen LogP contribution in [0.3, 0.4) is 0 Å². The lowest BCUT2D eigenvalue weighted by Gasteiger charge is -2.74. The zero-order valence-electron chi connectivity index (χ0n) is 19.5. The van der Waals surface area contributed by atoms with Crippen molar-refractivity contribution in [1.29, 1.82) is 0 Å². The molecule has 7 heteroatoms. The van der Waals surface area contributed by atoms with E-state index < -0.39 is 13.0 Å². The highest BCUT2D eigenvalue weighted by atomic mass is 19.4. The second-order valence-electron chi connectivity index (χ2n) is 9.74. The monoisotopic (exact) mass is 482 g/mol. The van der Waals surface area contributed by atoms with Crippen LogP contribution in [0, 0.1) is 0 Å². The molecule has 0 amide bonds. The first-order chi connectivity index (χ1) is 16.9. The molecule has 3 aliphatic rings. The zero-order valence-corrected chi connectivity index (χ0v) is 19.5. The second kappa shape index (κ2) is 9.63. The number of pyridine rings is 1. The maximum atomic E-state index is 12.1. The van der Waals surface area contributed by atoms with Crippen molar-refractivity contribution in [1.82, 2.24) is 9.88 Å². The number of hydrogen-bond donors (Lipinski definition) is 0. The van der Waals surface area contributed by atoms with Crippen molar-refractivity contribution in [3.05, 3.63) is 95.7 Å². The van der Waals surface area contributed by atoms with Gasteiger partial charge in [0.25, 0.3) is 0 Å². The normalized spacial score (nSPS) is 23.0. The van der Waals surface area contributed by atoms with E-state index in [-0.39, 0.29) is 24.0 Å².